The summed E-state index contributed by atoms with van der Waals surface area (Å²) in [4.78, 5) is 11.4. The molecule has 0 bridgehead atoms. The normalized spacial score (nSPS) is 21.6. The molecule has 2 rings (SSSR count). The fourth-order valence-electron chi connectivity index (χ4n) is 1.39. The zero-order chi connectivity index (χ0) is 9.26. The van der Waals surface area contributed by atoms with E-state index >= 15 is 0 Å². The van der Waals surface area contributed by atoms with Crippen LogP contribution in [0.25, 0.3) is 0 Å². The van der Waals surface area contributed by atoms with Crippen LogP contribution in [0.2, 0.25) is 0 Å². The van der Waals surface area contributed by atoms with Crippen molar-refractivity contribution >= 4 is 11.6 Å². The summed E-state index contributed by atoms with van der Waals surface area (Å²) >= 11 is 0. The number of carbonyl (C=O) groups is 1. The molecule has 0 fully saturated rings. The van der Waals surface area contributed by atoms with E-state index < -0.39 is 0 Å². The summed E-state index contributed by atoms with van der Waals surface area (Å²) in [5.74, 6) is 0.0324. The average molecular weight is 176 g/mol. The predicted octanol–water partition coefficient (Wildman–Crippen LogP) is 1.12. The van der Waals surface area contributed by atoms with Crippen LogP contribution < -0.4 is 10.6 Å². The molecule has 1 aliphatic rings. The molecule has 3 heteroatoms. The number of rotatable bonds is 0. The van der Waals surface area contributed by atoms with E-state index in [0.29, 0.717) is 0 Å². The molecule has 0 aromatic heterocycles. The Morgan fingerprint density at radius 2 is 2.15 bits per heavy atom. The molecule has 0 saturated carbocycles. The highest BCUT2D eigenvalue weighted by atomic mass is 16.2. The lowest BCUT2D eigenvalue weighted by Crippen LogP contribution is -2.34. The predicted molar refractivity (Wildman–Crippen MR) is 51.4 cm³/mol. The lowest BCUT2D eigenvalue weighted by atomic mass is 10.2. The fraction of sp³-hybridized carbons (Fsp3) is 0.300. The maximum atomic E-state index is 11.4. The first-order chi connectivity index (χ1) is 6.27. The standard InChI is InChI=1S/C10H12N2O/c1-7-10(13)12-9-5-3-2-4-8(9)6-11-7/h2-5,7,11H,6H2,1H3,(H,12,13)/t7-/m0/s1. The van der Waals surface area contributed by atoms with Gasteiger partial charge in [-0.25, -0.2) is 0 Å². The third kappa shape index (κ3) is 1.55. The second-order valence-electron chi connectivity index (χ2n) is 3.25. The molecule has 1 aromatic carbocycles. The van der Waals surface area contributed by atoms with E-state index in [-0.39, 0.29) is 11.9 Å². The van der Waals surface area contributed by atoms with Crippen LogP contribution in [0.4, 0.5) is 5.69 Å². The summed E-state index contributed by atoms with van der Waals surface area (Å²) in [5.41, 5.74) is 2.06. The van der Waals surface area contributed by atoms with E-state index in [9.17, 15) is 4.79 Å². The molecule has 0 spiro atoms. The summed E-state index contributed by atoms with van der Waals surface area (Å²) in [6.45, 7) is 2.61. The quantitative estimate of drug-likeness (QED) is 0.622. The zero-order valence-corrected chi connectivity index (χ0v) is 7.50. The van der Waals surface area contributed by atoms with Gasteiger partial charge in [-0.2, -0.15) is 0 Å². The Morgan fingerprint density at radius 1 is 1.38 bits per heavy atom. The van der Waals surface area contributed by atoms with Gasteiger partial charge in [0.1, 0.15) is 0 Å². The van der Waals surface area contributed by atoms with Crippen LogP contribution in [0, 0.1) is 0 Å². The highest BCUT2D eigenvalue weighted by molar-refractivity contribution is 5.95. The van der Waals surface area contributed by atoms with E-state index in [4.69, 9.17) is 0 Å². The van der Waals surface area contributed by atoms with Crippen molar-refractivity contribution in [1.82, 2.24) is 5.32 Å². The van der Waals surface area contributed by atoms with E-state index in [1.165, 1.54) is 0 Å². The molecule has 1 atom stereocenters. The lowest BCUT2D eigenvalue weighted by Gasteiger charge is -2.06. The minimum Gasteiger partial charge on any atom is -0.324 e. The molecule has 2 N–H and O–H groups in total. The van der Waals surface area contributed by atoms with Crippen molar-refractivity contribution in [1.29, 1.82) is 0 Å². The van der Waals surface area contributed by atoms with Crippen LogP contribution in [0.1, 0.15) is 12.5 Å². The summed E-state index contributed by atoms with van der Waals surface area (Å²) in [5, 5.41) is 6.01. The van der Waals surface area contributed by atoms with Gasteiger partial charge in [0, 0.05) is 12.2 Å². The maximum Gasteiger partial charge on any atom is 0.241 e. The summed E-state index contributed by atoms with van der Waals surface area (Å²) < 4.78 is 0. The molecule has 3 nitrogen and oxygen atoms in total. The van der Waals surface area contributed by atoms with Crippen molar-refractivity contribution in [2.45, 2.75) is 19.5 Å². The largest absolute Gasteiger partial charge is 0.324 e. The van der Waals surface area contributed by atoms with Crippen molar-refractivity contribution in [3.8, 4) is 0 Å². The number of carbonyl (C=O) groups excluding carboxylic acids is 1. The van der Waals surface area contributed by atoms with Crippen LogP contribution in [-0.4, -0.2) is 11.9 Å². The number of hydrogen-bond acceptors (Lipinski definition) is 2. The van der Waals surface area contributed by atoms with Gasteiger partial charge < -0.3 is 10.6 Å². The molecular formula is C10H12N2O. The Labute approximate surface area is 77.1 Å². The third-order valence-corrected chi connectivity index (χ3v) is 2.27. The molecule has 13 heavy (non-hydrogen) atoms. The van der Waals surface area contributed by atoms with Gasteiger partial charge in [0.25, 0.3) is 0 Å². The Bertz CT molecular complexity index is 335. The molecule has 0 aliphatic carbocycles. The smallest absolute Gasteiger partial charge is 0.241 e. The van der Waals surface area contributed by atoms with Crippen LogP contribution in [0.5, 0.6) is 0 Å². The van der Waals surface area contributed by atoms with Crippen LogP contribution in [-0.2, 0) is 11.3 Å². The van der Waals surface area contributed by atoms with Gasteiger partial charge in [-0.1, -0.05) is 18.2 Å². The number of benzene rings is 1. The van der Waals surface area contributed by atoms with Crippen molar-refractivity contribution < 1.29 is 4.79 Å². The molecule has 0 unspecified atom stereocenters. The van der Waals surface area contributed by atoms with Crippen molar-refractivity contribution in [3.05, 3.63) is 29.8 Å². The van der Waals surface area contributed by atoms with Crippen LogP contribution in [0.15, 0.2) is 24.3 Å². The number of anilines is 1. The van der Waals surface area contributed by atoms with Crippen molar-refractivity contribution in [2.75, 3.05) is 5.32 Å². The first kappa shape index (κ1) is 8.26. The molecule has 0 saturated heterocycles. The van der Waals surface area contributed by atoms with Gasteiger partial charge in [-0.05, 0) is 18.6 Å². The molecule has 68 valence electrons. The molecule has 1 aliphatic heterocycles. The Morgan fingerprint density at radius 3 is 3.00 bits per heavy atom. The lowest BCUT2D eigenvalue weighted by molar-refractivity contribution is -0.117. The number of para-hydroxylation sites is 1. The summed E-state index contributed by atoms with van der Waals surface area (Å²) in [6, 6.07) is 7.72. The number of nitrogens with one attached hydrogen (secondary N) is 2. The minimum absolute atomic E-state index is 0.0324. The van der Waals surface area contributed by atoms with Gasteiger partial charge in [0.05, 0.1) is 6.04 Å². The fourth-order valence-corrected chi connectivity index (χ4v) is 1.39. The van der Waals surface area contributed by atoms with Crippen LogP contribution in [0.3, 0.4) is 0 Å². The second-order valence-corrected chi connectivity index (χ2v) is 3.25. The molecular weight excluding hydrogens is 164 g/mol. The van der Waals surface area contributed by atoms with Crippen molar-refractivity contribution in [2.24, 2.45) is 0 Å². The number of fused-ring (bicyclic) bond motifs is 1. The SMILES string of the molecule is C[C@@H]1NCc2ccccc2NC1=O. The van der Waals surface area contributed by atoms with Gasteiger partial charge >= 0.3 is 0 Å². The summed E-state index contributed by atoms with van der Waals surface area (Å²) in [6.07, 6.45) is 0. The molecule has 1 aromatic rings. The topological polar surface area (TPSA) is 41.1 Å². The van der Waals surface area contributed by atoms with Gasteiger partial charge in [-0.3, -0.25) is 4.79 Å². The second kappa shape index (κ2) is 3.18. The Kier molecular flexibility index (Phi) is 2.02. The third-order valence-electron chi connectivity index (χ3n) is 2.27. The van der Waals surface area contributed by atoms with E-state index in [1.807, 2.05) is 31.2 Å². The van der Waals surface area contributed by atoms with E-state index in [2.05, 4.69) is 10.6 Å². The van der Waals surface area contributed by atoms with Crippen molar-refractivity contribution in [3.63, 3.8) is 0 Å². The first-order valence-corrected chi connectivity index (χ1v) is 4.39. The molecule has 1 heterocycles. The highest BCUT2D eigenvalue weighted by Crippen LogP contribution is 2.17. The van der Waals surface area contributed by atoms with Gasteiger partial charge in [0.2, 0.25) is 5.91 Å². The minimum atomic E-state index is -0.118. The Balaban J connectivity index is 2.35. The van der Waals surface area contributed by atoms with E-state index in [0.717, 1.165) is 17.8 Å². The van der Waals surface area contributed by atoms with Gasteiger partial charge in [-0.15, -0.1) is 0 Å². The van der Waals surface area contributed by atoms with E-state index in [1.54, 1.807) is 0 Å². The first-order valence-electron chi connectivity index (χ1n) is 4.39. The highest BCUT2D eigenvalue weighted by Gasteiger charge is 2.17. The van der Waals surface area contributed by atoms with Crippen LogP contribution >= 0.6 is 0 Å². The van der Waals surface area contributed by atoms with Gasteiger partial charge in [0.15, 0.2) is 0 Å². The Hall–Kier alpha value is -1.35. The summed E-state index contributed by atoms with van der Waals surface area (Å²) in [7, 11) is 0. The maximum absolute atomic E-state index is 11.4. The average Bonchev–Trinajstić information content (AvgIpc) is 2.28. The number of hydrogen-bond donors (Lipinski definition) is 2. The zero-order valence-electron chi connectivity index (χ0n) is 7.50. The monoisotopic (exact) mass is 176 g/mol. The molecule has 1 amide bonds. The molecule has 0 radical (unpaired) electrons. The number of amides is 1.